The first-order valence-corrected chi connectivity index (χ1v) is 7.35. The molecule has 0 saturated heterocycles. The van der Waals surface area contributed by atoms with E-state index in [1.807, 2.05) is 18.2 Å². The summed E-state index contributed by atoms with van der Waals surface area (Å²) >= 11 is 6.76. The Labute approximate surface area is 121 Å². The van der Waals surface area contributed by atoms with Crippen LogP contribution in [0.15, 0.2) is 39.8 Å². The molecule has 0 heterocycles. The molecular weight excluding hydrogens is 344 g/mol. The van der Waals surface area contributed by atoms with Crippen molar-refractivity contribution in [2.24, 2.45) is 5.92 Å². The second kappa shape index (κ2) is 8.06. The Bertz CT molecular complexity index is 344. The van der Waals surface area contributed by atoms with E-state index in [2.05, 4.69) is 63.9 Å². The highest BCUT2D eigenvalue weighted by molar-refractivity contribution is 9.28. The van der Waals surface area contributed by atoms with Gasteiger partial charge in [0.05, 0.1) is 16.1 Å². The predicted octanol–water partition coefficient (Wildman–Crippen LogP) is 5.25. The van der Waals surface area contributed by atoms with Gasteiger partial charge in [-0.2, -0.15) is 0 Å². The zero-order chi connectivity index (χ0) is 12.7. The molecule has 1 aromatic carbocycles. The van der Waals surface area contributed by atoms with Gasteiger partial charge in [0.2, 0.25) is 0 Å². The minimum absolute atomic E-state index is 0.265. The van der Waals surface area contributed by atoms with Crippen LogP contribution >= 0.6 is 31.9 Å². The van der Waals surface area contributed by atoms with Crippen LogP contribution in [0.5, 0.6) is 0 Å². The highest BCUT2D eigenvalue weighted by Crippen LogP contribution is 2.20. The van der Waals surface area contributed by atoms with Gasteiger partial charge in [0.25, 0.3) is 0 Å². The lowest BCUT2D eigenvalue weighted by Gasteiger charge is -2.15. The molecule has 0 saturated carbocycles. The maximum atomic E-state index is 5.82. The lowest BCUT2D eigenvalue weighted by molar-refractivity contribution is 0.0418. The normalized spacial score (nSPS) is 14.1. The molecular formula is C14H18Br2O. The minimum Gasteiger partial charge on any atom is -0.374 e. The Balaban J connectivity index is 2.30. The molecule has 3 heteroatoms. The second-order valence-electron chi connectivity index (χ2n) is 4.28. The molecule has 1 rings (SSSR count). The number of benzene rings is 1. The van der Waals surface area contributed by atoms with Crippen LogP contribution in [0.2, 0.25) is 0 Å². The Morgan fingerprint density at radius 1 is 1.24 bits per heavy atom. The van der Waals surface area contributed by atoms with Gasteiger partial charge in [-0.15, -0.1) is 0 Å². The van der Waals surface area contributed by atoms with Crippen molar-refractivity contribution < 1.29 is 4.74 Å². The van der Waals surface area contributed by atoms with E-state index in [0.29, 0.717) is 12.5 Å². The highest BCUT2D eigenvalue weighted by atomic mass is 79.9. The van der Waals surface area contributed by atoms with E-state index in [9.17, 15) is 0 Å². The average Bonchev–Trinajstić information content (AvgIpc) is 2.26. The molecule has 2 atom stereocenters. The van der Waals surface area contributed by atoms with Gasteiger partial charge in [-0.3, -0.25) is 0 Å². The van der Waals surface area contributed by atoms with E-state index in [4.69, 9.17) is 4.74 Å². The summed E-state index contributed by atoms with van der Waals surface area (Å²) in [5.74, 6) is 0.495. The molecule has 0 aliphatic carbocycles. The van der Waals surface area contributed by atoms with Crippen LogP contribution in [-0.2, 0) is 11.3 Å². The van der Waals surface area contributed by atoms with Gasteiger partial charge < -0.3 is 4.74 Å². The van der Waals surface area contributed by atoms with Gasteiger partial charge in [0.15, 0.2) is 0 Å². The lowest BCUT2D eigenvalue weighted by Crippen LogP contribution is -2.11. The maximum Gasteiger partial charge on any atom is 0.0720 e. The van der Waals surface area contributed by atoms with E-state index in [-0.39, 0.29) is 6.10 Å². The van der Waals surface area contributed by atoms with E-state index < -0.39 is 0 Å². The molecule has 1 nitrogen and oxygen atoms in total. The van der Waals surface area contributed by atoms with Crippen molar-refractivity contribution in [2.75, 3.05) is 0 Å². The summed E-state index contributed by atoms with van der Waals surface area (Å²) in [7, 11) is 0. The van der Waals surface area contributed by atoms with Crippen LogP contribution in [0, 0.1) is 5.92 Å². The van der Waals surface area contributed by atoms with E-state index in [0.717, 1.165) is 9.81 Å². The van der Waals surface area contributed by atoms with Crippen molar-refractivity contribution >= 4 is 31.9 Å². The first kappa shape index (κ1) is 14.9. The quantitative estimate of drug-likeness (QED) is 0.672. The number of hydrogen-bond donors (Lipinski definition) is 0. The van der Waals surface area contributed by atoms with Gasteiger partial charge in [0.1, 0.15) is 0 Å². The number of allylic oxidation sites excluding steroid dienone is 1. The smallest absolute Gasteiger partial charge is 0.0720 e. The topological polar surface area (TPSA) is 9.23 Å². The monoisotopic (exact) mass is 360 g/mol. The van der Waals surface area contributed by atoms with Crippen LogP contribution in [0.1, 0.15) is 25.8 Å². The fourth-order valence-electron chi connectivity index (χ4n) is 1.69. The molecule has 0 bridgehead atoms. The number of halogens is 2. The third-order valence-corrected chi connectivity index (χ3v) is 3.02. The fraction of sp³-hybridized carbons (Fsp3) is 0.429. The summed E-state index contributed by atoms with van der Waals surface area (Å²) in [5.41, 5.74) is 1.23. The Morgan fingerprint density at radius 3 is 2.47 bits per heavy atom. The fourth-order valence-corrected chi connectivity index (χ4v) is 2.59. The highest BCUT2D eigenvalue weighted by Gasteiger charge is 2.07. The summed E-state index contributed by atoms with van der Waals surface area (Å²) in [6.07, 6.45) is 3.43. The third kappa shape index (κ3) is 7.02. The SMILES string of the molecule is C[C@H](C=C(Br)Br)C[C@H](C)OCc1ccccc1. The van der Waals surface area contributed by atoms with Gasteiger partial charge >= 0.3 is 0 Å². The largest absolute Gasteiger partial charge is 0.374 e. The van der Waals surface area contributed by atoms with Crippen LogP contribution < -0.4 is 0 Å². The third-order valence-electron chi connectivity index (χ3n) is 2.49. The molecule has 0 radical (unpaired) electrons. The molecule has 0 N–H and O–H groups in total. The molecule has 0 amide bonds. The van der Waals surface area contributed by atoms with Crippen molar-refractivity contribution in [1.29, 1.82) is 0 Å². The molecule has 1 aromatic rings. The summed E-state index contributed by atoms with van der Waals surface area (Å²) in [6, 6.07) is 10.3. The molecule has 0 aliphatic rings. The van der Waals surface area contributed by atoms with E-state index >= 15 is 0 Å². The van der Waals surface area contributed by atoms with E-state index in [1.54, 1.807) is 0 Å². The van der Waals surface area contributed by atoms with Gasteiger partial charge in [-0.1, -0.05) is 43.3 Å². The van der Waals surface area contributed by atoms with Crippen molar-refractivity contribution in [2.45, 2.75) is 33.0 Å². The summed E-state index contributed by atoms with van der Waals surface area (Å²) in [4.78, 5) is 0. The number of ether oxygens (including phenoxy) is 1. The summed E-state index contributed by atoms with van der Waals surface area (Å²) in [5, 5.41) is 0. The Hall–Kier alpha value is -0.120. The maximum absolute atomic E-state index is 5.82. The molecule has 0 spiro atoms. The van der Waals surface area contributed by atoms with Crippen molar-refractivity contribution in [3.05, 3.63) is 45.4 Å². The first-order valence-electron chi connectivity index (χ1n) is 5.76. The standard InChI is InChI=1S/C14H18Br2O/c1-11(9-14(15)16)8-12(2)17-10-13-6-4-3-5-7-13/h3-7,9,11-12H,8,10H2,1-2H3/t11-,12-/m0/s1. The molecule has 0 unspecified atom stereocenters. The van der Waals surface area contributed by atoms with Crippen LogP contribution in [0.4, 0.5) is 0 Å². The van der Waals surface area contributed by atoms with Crippen LogP contribution in [0.3, 0.4) is 0 Å². The Morgan fingerprint density at radius 2 is 1.88 bits per heavy atom. The van der Waals surface area contributed by atoms with E-state index in [1.165, 1.54) is 5.56 Å². The minimum atomic E-state index is 0.265. The lowest BCUT2D eigenvalue weighted by atomic mass is 10.1. The van der Waals surface area contributed by atoms with Gasteiger partial charge in [-0.05, 0) is 56.7 Å². The number of hydrogen-bond acceptors (Lipinski definition) is 1. The van der Waals surface area contributed by atoms with Gasteiger partial charge in [0, 0.05) is 0 Å². The molecule has 94 valence electrons. The molecule has 0 aliphatic heterocycles. The van der Waals surface area contributed by atoms with Crippen molar-refractivity contribution in [3.63, 3.8) is 0 Å². The molecule has 0 fully saturated rings. The molecule has 0 aromatic heterocycles. The predicted molar refractivity (Wildman–Crippen MR) is 80.4 cm³/mol. The van der Waals surface area contributed by atoms with Gasteiger partial charge in [-0.25, -0.2) is 0 Å². The first-order chi connectivity index (χ1) is 8.08. The van der Waals surface area contributed by atoms with Crippen molar-refractivity contribution in [1.82, 2.24) is 0 Å². The molecule has 17 heavy (non-hydrogen) atoms. The average molecular weight is 362 g/mol. The zero-order valence-electron chi connectivity index (χ0n) is 10.2. The second-order valence-corrected chi connectivity index (χ2v) is 7.05. The van der Waals surface area contributed by atoms with Crippen LogP contribution in [0.25, 0.3) is 0 Å². The summed E-state index contributed by atoms with van der Waals surface area (Å²) < 4.78 is 6.83. The van der Waals surface area contributed by atoms with Crippen molar-refractivity contribution in [3.8, 4) is 0 Å². The van der Waals surface area contributed by atoms with Crippen LogP contribution in [-0.4, -0.2) is 6.10 Å². The Kier molecular flexibility index (Phi) is 7.09. The zero-order valence-corrected chi connectivity index (χ0v) is 13.4. The summed E-state index contributed by atoms with van der Waals surface area (Å²) in [6.45, 7) is 4.99. The number of rotatable bonds is 6.